The zero-order chi connectivity index (χ0) is 30.4. The molecule has 0 radical (unpaired) electrons. The van der Waals surface area contributed by atoms with E-state index >= 15 is 0 Å². The van der Waals surface area contributed by atoms with E-state index in [0.29, 0.717) is 47.2 Å². The first-order chi connectivity index (χ1) is 21.6. The van der Waals surface area contributed by atoms with E-state index in [2.05, 4.69) is 19.8 Å². The quantitative estimate of drug-likeness (QED) is 0.123. The first kappa shape index (κ1) is 34.5. The van der Waals surface area contributed by atoms with Crippen molar-refractivity contribution >= 4 is 23.8 Å². The molecule has 8 nitrogen and oxygen atoms in total. The maximum Gasteiger partial charge on any atom is 2.00 e. The number of rotatable bonds is 14. The third kappa shape index (κ3) is 11.2. The SMILES string of the molecule is [Ni+2].[O-]c1cc(OCCCN2CCCCC2)ccc1C=Nc1ccccc1N=Cc1ccc(OCCCN2CCCCC2)cc1[O-]. The third-order valence-corrected chi connectivity index (χ3v) is 8.21. The van der Waals surface area contributed by atoms with Gasteiger partial charge in [-0.15, -0.1) is 0 Å². The van der Waals surface area contributed by atoms with Crippen LogP contribution in [0.3, 0.4) is 0 Å². The van der Waals surface area contributed by atoms with Crippen LogP contribution in [-0.2, 0) is 16.5 Å². The Kier molecular flexibility index (Phi) is 14.2. The Hall–Kier alpha value is -3.39. The van der Waals surface area contributed by atoms with Crippen LogP contribution >= 0.6 is 0 Å². The molecule has 3 aromatic carbocycles. The van der Waals surface area contributed by atoms with E-state index in [1.54, 1.807) is 24.6 Å². The second-order valence-electron chi connectivity index (χ2n) is 11.6. The Morgan fingerprint density at radius 2 is 1.02 bits per heavy atom. The van der Waals surface area contributed by atoms with Gasteiger partial charge >= 0.3 is 16.5 Å². The summed E-state index contributed by atoms with van der Waals surface area (Å²) in [4.78, 5) is 14.0. The molecule has 0 saturated carbocycles. The standard InChI is InChI=1S/C36H46N4O4.Ni/c41-35-25-31(43-23-9-21-39-17-5-1-6-18-39)15-13-29(35)27-37-33-11-3-4-12-34(33)38-28-30-14-16-32(26-36(30)42)44-24-10-22-40-19-7-2-8-20-40;/h3-4,11-16,25-28,41-42H,1-2,5-10,17-24H2;/q;+2/p-2. The first-order valence-corrected chi connectivity index (χ1v) is 16.1. The van der Waals surface area contributed by atoms with Gasteiger partial charge in [-0.25, -0.2) is 0 Å². The summed E-state index contributed by atoms with van der Waals surface area (Å²) in [5, 5.41) is 25.4. The van der Waals surface area contributed by atoms with Crippen LogP contribution in [0.4, 0.5) is 11.4 Å². The van der Waals surface area contributed by atoms with Crippen LogP contribution in [0, 0.1) is 0 Å². The summed E-state index contributed by atoms with van der Waals surface area (Å²) in [5.74, 6) is 0.872. The molecule has 5 rings (SSSR count). The maximum atomic E-state index is 12.7. The van der Waals surface area contributed by atoms with Gasteiger partial charge in [-0.2, -0.15) is 0 Å². The molecular formula is C36H44N4NiO4. The fourth-order valence-electron chi connectivity index (χ4n) is 5.71. The van der Waals surface area contributed by atoms with Crippen LogP contribution in [0.5, 0.6) is 23.0 Å². The Bertz CT molecular complexity index is 1280. The minimum atomic E-state index is -0.145. The summed E-state index contributed by atoms with van der Waals surface area (Å²) >= 11 is 0. The molecule has 0 atom stereocenters. The van der Waals surface area contributed by atoms with Gasteiger partial charge in [0.05, 0.1) is 24.6 Å². The number of piperidine rings is 2. The van der Waals surface area contributed by atoms with Crippen LogP contribution in [0.15, 0.2) is 70.6 Å². The molecule has 2 heterocycles. The van der Waals surface area contributed by atoms with Gasteiger partial charge < -0.3 is 29.5 Å². The number of benzene rings is 3. The number of hydrogen-bond donors (Lipinski definition) is 0. The third-order valence-electron chi connectivity index (χ3n) is 8.21. The average Bonchev–Trinajstić information content (AvgIpc) is 3.06. The molecule has 0 aromatic heterocycles. The molecule has 242 valence electrons. The molecule has 0 unspecified atom stereocenters. The van der Waals surface area contributed by atoms with Crippen molar-refractivity contribution < 1.29 is 36.2 Å². The number of likely N-dealkylation sites (tertiary alicyclic amines) is 2. The van der Waals surface area contributed by atoms with Gasteiger partial charge in [0, 0.05) is 25.5 Å². The molecule has 2 saturated heterocycles. The number of hydrogen-bond acceptors (Lipinski definition) is 8. The predicted octanol–water partition coefficient (Wildman–Crippen LogP) is 5.84. The molecule has 45 heavy (non-hydrogen) atoms. The van der Waals surface area contributed by atoms with Crippen molar-refractivity contribution in [3.8, 4) is 23.0 Å². The first-order valence-electron chi connectivity index (χ1n) is 16.1. The van der Waals surface area contributed by atoms with E-state index in [1.165, 1.54) is 76.8 Å². The topological polar surface area (TPSA) is 95.8 Å². The smallest absolute Gasteiger partial charge is 0.872 e. The molecule has 2 aliphatic rings. The Balaban J connectivity index is 0.00000461. The molecule has 0 N–H and O–H groups in total. The Morgan fingerprint density at radius 3 is 1.42 bits per heavy atom. The number of aliphatic imine (C=N–C) groups is 2. The van der Waals surface area contributed by atoms with E-state index in [1.807, 2.05) is 36.4 Å². The van der Waals surface area contributed by atoms with E-state index < -0.39 is 0 Å². The molecule has 3 aromatic rings. The van der Waals surface area contributed by atoms with E-state index in [9.17, 15) is 10.2 Å². The van der Waals surface area contributed by atoms with Crippen LogP contribution in [-0.4, -0.2) is 74.7 Å². The minimum absolute atomic E-state index is 0. The molecular weight excluding hydrogens is 611 g/mol. The summed E-state index contributed by atoms with van der Waals surface area (Å²) in [6.45, 7) is 7.95. The largest absolute Gasteiger partial charge is 2.00 e. The normalized spacial score (nSPS) is 16.2. The van der Waals surface area contributed by atoms with Crippen molar-refractivity contribution in [3.63, 3.8) is 0 Å². The molecule has 0 amide bonds. The van der Waals surface area contributed by atoms with E-state index in [0.717, 1.165) is 25.9 Å². The van der Waals surface area contributed by atoms with Crippen molar-refractivity contribution in [1.29, 1.82) is 0 Å². The fraction of sp³-hybridized carbons (Fsp3) is 0.444. The summed E-state index contributed by atoms with van der Waals surface area (Å²) in [7, 11) is 0. The van der Waals surface area contributed by atoms with E-state index in [-0.39, 0.29) is 28.0 Å². The predicted molar refractivity (Wildman–Crippen MR) is 174 cm³/mol. The average molecular weight is 655 g/mol. The van der Waals surface area contributed by atoms with Crippen LogP contribution in [0.25, 0.3) is 0 Å². The van der Waals surface area contributed by atoms with Gasteiger partial charge in [0.25, 0.3) is 0 Å². The van der Waals surface area contributed by atoms with Crippen molar-refractivity contribution in [2.45, 2.75) is 51.4 Å². The molecule has 2 fully saturated rings. The van der Waals surface area contributed by atoms with Gasteiger partial charge in [-0.05, 0) is 112 Å². The second kappa shape index (κ2) is 18.6. The summed E-state index contributed by atoms with van der Waals surface area (Å²) in [6, 6.07) is 17.5. The number of ether oxygens (including phenoxy) is 2. The monoisotopic (exact) mass is 654 g/mol. The zero-order valence-electron chi connectivity index (χ0n) is 26.0. The summed E-state index contributed by atoms with van der Waals surface area (Å²) in [5.41, 5.74) is 2.14. The molecule has 2 aliphatic heterocycles. The molecule has 0 spiro atoms. The van der Waals surface area contributed by atoms with Crippen LogP contribution in [0.1, 0.15) is 62.5 Å². The van der Waals surface area contributed by atoms with Gasteiger partial charge in [-0.3, -0.25) is 9.98 Å². The van der Waals surface area contributed by atoms with Gasteiger partial charge in [0.15, 0.2) is 0 Å². The molecule has 0 bridgehead atoms. The Morgan fingerprint density at radius 1 is 0.600 bits per heavy atom. The number of nitrogens with zero attached hydrogens (tertiary/aromatic N) is 4. The van der Waals surface area contributed by atoms with Gasteiger partial charge in [0.2, 0.25) is 0 Å². The number of para-hydroxylation sites is 2. The van der Waals surface area contributed by atoms with Crippen molar-refractivity contribution in [2.24, 2.45) is 9.98 Å². The van der Waals surface area contributed by atoms with E-state index in [4.69, 9.17) is 9.47 Å². The fourth-order valence-corrected chi connectivity index (χ4v) is 5.71. The molecule has 0 aliphatic carbocycles. The van der Waals surface area contributed by atoms with Gasteiger partial charge in [0.1, 0.15) is 11.5 Å². The van der Waals surface area contributed by atoms with Crippen molar-refractivity contribution in [3.05, 3.63) is 71.8 Å². The van der Waals surface area contributed by atoms with Crippen molar-refractivity contribution in [1.82, 2.24) is 9.80 Å². The van der Waals surface area contributed by atoms with Gasteiger partial charge in [-0.1, -0.05) is 48.6 Å². The maximum absolute atomic E-state index is 12.7. The van der Waals surface area contributed by atoms with Crippen LogP contribution in [0.2, 0.25) is 0 Å². The second-order valence-corrected chi connectivity index (χ2v) is 11.6. The summed E-state index contributed by atoms with van der Waals surface area (Å²) in [6.07, 6.45) is 12.8. The Labute approximate surface area is 277 Å². The molecule has 9 heteroatoms. The zero-order valence-corrected chi connectivity index (χ0v) is 27.0. The minimum Gasteiger partial charge on any atom is -0.872 e. The van der Waals surface area contributed by atoms with Crippen LogP contribution < -0.4 is 19.7 Å². The van der Waals surface area contributed by atoms with Crippen molar-refractivity contribution in [2.75, 3.05) is 52.5 Å². The summed E-state index contributed by atoms with van der Waals surface area (Å²) < 4.78 is 11.7.